The van der Waals surface area contributed by atoms with E-state index in [0.717, 1.165) is 5.56 Å². The van der Waals surface area contributed by atoms with Gasteiger partial charge in [0.1, 0.15) is 0 Å². The van der Waals surface area contributed by atoms with Gasteiger partial charge in [-0.1, -0.05) is 0 Å². The fourth-order valence-corrected chi connectivity index (χ4v) is 3.21. The molecule has 1 amide bonds. The van der Waals surface area contributed by atoms with Crippen molar-refractivity contribution in [3.05, 3.63) is 39.9 Å². The summed E-state index contributed by atoms with van der Waals surface area (Å²) in [6.45, 7) is 2.65. The number of ether oxygens (including phenoxy) is 5. The lowest BCUT2D eigenvalue weighted by molar-refractivity contribution is 0.0950. The van der Waals surface area contributed by atoms with Crippen molar-refractivity contribution in [1.82, 2.24) is 5.32 Å². The van der Waals surface area contributed by atoms with E-state index in [1.54, 1.807) is 45.6 Å². The number of rotatable bonds is 9. The van der Waals surface area contributed by atoms with Crippen molar-refractivity contribution in [1.29, 1.82) is 0 Å². The molecule has 0 aromatic heterocycles. The highest BCUT2D eigenvalue weighted by Crippen LogP contribution is 2.38. The summed E-state index contributed by atoms with van der Waals surface area (Å²) >= 11 is 3.43. The van der Waals surface area contributed by atoms with Crippen LogP contribution < -0.4 is 29.0 Å². The van der Waals surface area contributed by atoms with Crippen molar-refractivity contribution < 1.29 is 28.5 Å². The quantitative estimate of drug-likeness (QED) is 0.621. The summed E-state index contributed by atoms with van der Waals surface area (Å²) in [5.74, 6) is 2.34. The number of benzene rings is 2. The average Bonchev–Trinajstić information content (AvgIpc) is 2.72. The third kappa shape index (κ3) is 4.81. The number of nitrogens with one attached hydrogen (secondary N) is 1. The summed E-state index contributed by atoms with van der Waals surface area (Å²) < 4.78 is 27.5. The molecule has 0 unspecified atom stereocenters. The number of hydrogen-bond acceptors (Lipinski definition) is 6. The van der Waals surface area contributed by atoms with Gasteiger partial charge in [0.15, 0.2) is 23.0 Å². The molecule has 28 heavy (non-hydrogen) atoms. The molecule has 2 aromatic rings. The molecular formula is C20H24BrNO6. The Kier molecular flexibility index (Phi) is 7.80. The van der Waals surface area contributed by atoms with E-state index in [4.69, 9.17) is 23.7 Å². The van der Waals surface area contributed by atoms with Crippen molar-refractivity contribution in [3.63, 3.8) is 0 Å². The van der Waals surface area contributed by atoms with E-state index in [-0.39, 0.29) is 12.5 Å². The number of hydrogen-bond donors (Lipinski definition) is 1. The highest BCUT2D eigenvalue weighted by molar-refractivity contribution is 9.10. The Morgan fingerprint density at radius 1 is 0.893 bits per heavy atom. The molecule has 0 aliphatic heterocycles. The second-order valence-corrected chi connectivity index (χ2v) is 6.49. The van der Waals surface area contributed by atoms with Crippen molar-refractivity contribution in [3.8, 4) is 28.7 Å². The Bertz CT molecular complexity index is 815. The van der Waals surface area contributed by atoms with Gasteiger partial charge in [0.05, 0.1) is 39.5 Å². The van der Waals surface area contributed by atoms with Crippen LogP contribution in [0.5, 0.6) is 28.7 Å². The molecule has 0 aliphatic rings. The zero-order valence-corrected chi connectivity index (χ0v) is 18.1. The van der Waals surface area contributed by atoms with Gasteiger partial charge in [-0.05, 0) is 52.7 Å². The van der Waals surface area contributed by atoms with Gasteiger partial charge in [-0.15, -0.1) is 0 Å². The first-order valence-corrected chi connectivity index (χ1v) is 9.35. The maximum atomic E-state index is 12.6. The lowest BCUT2D eigenvalue weighted by Crippen LogP contribution is -2.23. The minimum atomic E-state index is -0.254. The monoisotopic (exact) mass is 453 g/mol. The van der Waals surface area contributed by atoms with Gasteiger partial charge in [-0.25, -0.2) is 0 Å². The van der Waals surface area contributed by atoms with Crippen LogP contribution in [0.2, 0.25) is 0 Å². The fraction of sp³-hybridized carbons (Fsp3) is 0.350. The van der Waals surface area contributed by atoms with Gasteiger partial charge in [-0.2, -0.15) is 0 Å². The van der Waals surface area contributed by atoms with Gasteiger partial charge < -0.3 is 29.0 Å². The van der Waals surface area contributed by atoms with Crippen LogP contribution in [0.1, 0.15) is 22.8 Å². The van der Waals surface area contributed by atoms with Gasteiger partial charge in [0.25, 0.3) is 5.91 Å². The first kappa shape index (κ1) is 21.7. The molecule has 7 nitrogen and oxygen atoms in total. The molecule has 0 fully saturated rings. The molecule has 0 atom stereocenters. The van der Waals surface area contributed by atoms with Crippen LogP contribution in [0.4, 0.5) is 0 Å². The van der Waals surface area contributed by atoms with Gasteiger partial charge >= 0.3 is 0 Å². The number of amides is 1. The molecule has 0 saturated carbocycles. The summed E-state index contributed by atoms with van der Waals surface area (Å²) in [5.41, 5.74) is 1.25. The predicted molar refractivity (Wildman–Crippen MR) is 109 cm³/mol. The lowest BCUT2D eigenvalue weighted by Gasteiger charge is -2.15. The van der Waals surface area contributed by atoms with E-state index in [1.807, 2.05) is 6.92 Å². The summed E-state index contributed by atoms with van der Waals surface area (Å²) in [4.78, 5) is 12.6. The van der Waals surface area contributed by atoms with Crippen LogP contribution in [-0.2, 0) is 6.54 Å². The number of carbonyl (C=O) groups excluding carboxylic acids is 1. The first-order chi connectivity index (χ1) is 13.5. The summed E-state index contributed by atoms with van der Waals surface area (Å²) in [5, 5.41) is 2.88. The zero-order valence-electron chi connectivity index (χ0n) is 16.6. The van der Waals surface area contributed by atoms with E-state index in [1.165, 1.54) is 7.11 Å². The predicted octanol–water partition coefficient (Wildman–Crippen LogP) is 3.81. The van der Waals surface area contributed by atoms with Crippen molar-refractivity contribution in [2.24, 2.45) is 0 Å². The molecular weight excluding hydrogens is 430 g/mol. The van der Waals surface area contributed by atoms with E-state index >= 15 is 0 Å². The second kappa shape index (κ2) is 10.1. The highest BCUT2D eigenvalue weighted by atomic mass is 79.9. The summed E-state index contributed by atoms with van der Waals surface area (Å²) in [6.07, 6.45) is 0. The smallest absolute Gasteiger partial charge is 0.251 e. The van der Waals surface area contributed by atoms with Crippen LogP contribution in [0.25, 0.3) is 0 Å². The van der Waals surface area contributed by atoms with Crippen molar-refractivity contribution >= 4 is 21.8 Å². The van der Waals surface area contributed by atoms with E-state index in [2.05, 4.69) is 21.2 Å². The molecule has 0 heterocycles. The maximum absolute atomic E-state index is 12.6. The zero-order chi connectivity index (χ0) is 20.7. The van der Waals surface area contributed by atoms with E-state index in [9.17, 15) is 4.79 Å². The maximum Gasteiger partial charge on any atom is 0.251 e. The third-order valence-electron chi connectivity index (χ3n) is 3.96. The second-order valence-electron chi connectivity index (χ2n) is 5.64. The molecule has 0 bridgehead atoms. The Balaban J connectivity index is 2.21. The van der Waals surface area contributed by atoms with Crippen LogP contribution >= 0.6 is 15.9 Å². The first-order valence-electron chi connectivity index (χ1n) is 8.56. The van der Waals surface area contributed by atoms with Crippen molar-refractivity contribution in [2.45, 2.75) is 13.5 Å². The van der Waals surface area contributed by atoms with Crippen LogP contribution in [0.3, 0.4) is 0 Å². The summed E-state index contributed by atoms with van der Waals surface area (Å²) in [7, 11) is 6.16. The molecule has 152 valence electrons. The molecule has 0 saturated heterocycles. The fourth-order valence-electron chi connectivity index (χ4n) is 2.66. The Labute approximate surface area is 173 Å². The SMILES string of the molecule is CCOc1c(Br)cc(C(=O)NCc2cc(OC)c(OC)c(OC)c2)cc1OC. The van der Waals surface area contributed by atoms with E-state index in [0.29, 0.717) is 45.4 Å². The van der Waals surface area contributed by atoms with Gasteiger partial charge in [0, 0.05) is 12.1 Å². The molecule has 0 radical (unpaired) electrons. The third-order valence-corrected chi connectivity index (χ3v) is 4.55. The number of halogens is 1. The number of carbonyl (C=O) groups is 1. The molecule has 0 spiro atoms. The average molecular weight is 454 g/mol. The molecule has 0 aliphatic carbocycles. The lowest BCUT2D eigenvalue weighted by atomic mass is 10.1. The standard InChI is InChI=1S/C20H24BrNO6/c1-6-28-18-14(21)9-13(10-17(18)26-4)20(23)22-11-12-7-15(24-2)19(27-5)16(8-12)25-3/h7-10H,6,11H2,1-5H3,(H,22,23). The minimum Gasteiger partial charge on any atom is -0.493 e. The van der Waals surface area contributed by atoms with Crippen molar-refractivity contribution in [2.75, 3.05) is 35.0 Å². The highest BCUT2D eigenvalue weighted by Gasteiger charge is 2.17. The Morgan fingerprint density at radius 2 is 1.46 bits per heavy atom. The van der Waals surface area contributed by atoms with Gasteiger partial charge in [0.2, 0.25) is 5.75 Å². The van der Waals surface area contributed by atoms with E-state index < -0.39 is 0 Å². The molecule has 8 heteroatoms. The Hall–Kier alpha value is -2.61. The topological polar surface area (TPSA) is 75.3 Å². The minimum absolute atomic E-state index is 0.254. The molecule has 1 N–H and O–H groups in total. The van der Waals surface area contributed by atoms with Crippen LogP contribution in [0.15, 0.2) is 28.7 Å². The Morgan fingerprint density at radius 3 is 1.96 bits per heavy atom. The number of methoxy groups -OCH3 is 4. The normalized spacial score (nSPS) is 10.2. The summed E-state index contributed by atoms with van der Waals surface area (Å²) in [6, 6.07) is 6.91. The molecule has 2 rings (SSSR count). The largest absolute Gasteiger partial charge is 0.493 e. The molecule has 2 aromatic carbocycles. The van der Waals surface area contributed by atoms with Gasteiger partial charge in [-0.3, -0.25) is 4.79 Å². The van der Waals surface area contributed by atoms with Crippen LogP contribution in [-0.4, -0.2) is 41.0 Å². The van der Waals surface area contributed by atoms with Crippen LogP contribution in [0, 0.1) is 0 Å².